The maximum atomic E-state index is 6.14. The van der Waals surface area contributed by atoms with Crippen LogP contribution < -0.4 is 5.32 Å². The Hall–Kier alpha value is -0.610. The first-order valence-corrected chi connectivity index (χ1v) is 7.78. The van der Waals surface area contributed by atoms with E-state index in [4.69, 9.17) is 4.74 Å². The number of hydrogen-bond acceptors (Lipinski definition) is 3. The molecule has 3 rings (SSSR count). The van der Waals surface area contributed by atoms with Crippen LogP contribution in [0.5, 0.6) is 0 Å². The van der Waals surface area contributed by atoms with Gasteiger partial charge < -0.3 is 10.1 Å². The monoisotopic (exact) mass is 310 g/mol. The van der Waals surface area contributed by atoms with E-state index in [1.165, 1.54) is 25.1 Å². The Morgan fingerprint density at radius 3 is 2.71 bits per heavy atom. The fourth-order valence-electron chi connectivity index (χ4n) is 3.56. The molecule has 1 N–H and O–H groups in total. The van der Waals surface area contributed by atoms with E-state index in [1.807, 2.05) is 0 Å². The molecule has 3 unspecified atom stereocenters. The third-order valence-corrected chi connectivity index (χ3v) is 4.57. The zero-order chi connectivity index (χ0) is 14.0. The van der Waals surface area contributed by atoms with E-state index < -0.39 is 0 Å². The normalized spacial score (nSPS) is 33.6. The van der Waals surface area contributed by atoms with Crippen molar-refractivity contribution in [2.45, 2.75) is 32.5 Å². The van der Waals surface area contributed by atoms with Crippen LogP contribution in [0.2, 0.25) is 0 Å². The Morgan fingerprint density at radius 1 is 1.29 bits per heavy atom. The number of halogens is 1. The fraction of sp³-hybridized carbons (Fsp3) is 0.647. The third kappa shape index (κ3) is 4.19. The summed E-state index contributed by atoms with van der Waals surface area (Å²) in [7, 11) is 0. The summed E-state index contributed by atoms with van der Waals surface area (Å²) >= 11 is 0. The van der Waals surface area contributed by atoms with E-state index in [2.05, 4.69) is 54.4 Å². The lowest BCUT2D eigenvalue weighted by Crippen LogP contribution is -2.47. The van der Waals surface area contributed by atoms with E-state index in [0.717, 1.165) is 19.6 Å². The van der Waals surface area contributed by atoms with Crippen LogP contribution in [-0.4, -0.2) is 43.7 Å². The van der Waals surface area contributed by atoms with Crippen LogP contribution in [0.3, 0.4) is 0 Å². The highest BCUT2D eigenvalue weighted by Crippen LogP contribution is 2.30. The molecule has 2 heterocycles. The van der Waals surface area contributed by atoms with Gasteiger partial charge in [0.05, 0.1) is 12.2 Å². The van der Waals surface area contributed by atoms with Crippen LogP contribution in [0.25, 0.3) is 0 Å². The molecule has 0 spiro atoms. The largest absolute Gasteiger partial charge is 0.368 e. The van der Waals surface area contributed by atoms with Gasteiger partial charge in [0.15, 0.2) is 0 Å². The van der Waals surface area contributed by atoms with Gasteiger partial charge in [-0.1, -0.05) is 37.3 Å². The topological polar surface area (TPSA) is 24.5 Å². The number of morpholine rings is 1. The Balaban J connectivity index is 0.00000161. The second-order valence-corrected chi connectivity index (χ2v) is 6.78. The zero-order valence-electron chi connectivity index (χ0n) is 13.0. The van der Waals surface area contributed by atoms with Crippen LogP contribution in [0.1, 0.15) is 31.9 Å². The van der Waals surface area contributed by atoms with Gasteiger partial charge in [-0.15, -0.1) is 12.4 Å². The van der Waals surface area contributed by atoms with E-state index in [1.54, 1.807) is 0 Å². The lowest BCUT2D eigenvalue weighted by atomic mass is 9.88. The van der Waals surface area contributed by atoms with Crippen molar-refractivity contribution in [3.8, 4) is 0 Å². The summed E-state index contributed by atoms with van der Waals surface area (Å²) in [5.41, 5.74) is 1.73. The van der Waals surface area contributed by atoms with Gasteiger partial charge in [0, 0.05) is 26.2 Å². The Morgan fingerprint density at radius 2 is 2.05 bits per heavy atom. The lowest BCUT2D eigenvalue weighted by molar-refractivity contribution is -0.0861. The first kappa shape index (κ1) is 16.8. The SMILES string of the molecule is CC1CN(CC2(C)CCNC2)CC(c2ccccc2)O1.Cl. The number of nitrogens with zero attached hydrogens (tertiary/aromatic N) is 1. The second kappa shape index (κ2) is 7.10. The van der Waals surface area contributed by atoms with Crippen molar-refractivity contribution in [3.05, 3.63) is 35.9 Å². The Labute approximate surface area is 134 Å². The van der Waals surface area contributed by atoms with Crippen LogP contribution in [0.15, 0.2) is 30.3 Å². The predicted octanol–water partition coefficient (Wildman–Crippen LogP) is 2.87. The molecule has 2 aliphatic heterocycles. The molecular weight excluding hydrogens is 284 g/mol. The van der Waals surface area contributed by atoms with Gasteiger partial charge >= 0.3 is 0 Å². The molecule has 0 radical (unpaired) electrons. The smallest absolute Gasteiger partial charge is 0.0956 e. The van der Waals surface area contributed by atoms with Gasteiger partial charge in [0.2, 0.25) is 0 Å². The third-order valence-electron chi connectivity index (χ3n) is 4.57. The molecule has 2 fully saturated rings. The molecule has 0 saturated carbocycles. The molecular formula is C17H27ClN2O. The van der Waals surface area contributed by atoms with Crippen molar-refractivity contribution < 1.29 is 4.74 Å². The summed E-state index contributed by atoms with van der Waals surface area (Å²) in [6.07, 6.45) is 1.82. The van der Waals surface area contributed by atoms with Gasteiger partial charge in [0.1, 0.15) is 0 Å². The maximum absolute atomic E-state index is 6.14. The van der Waals surface area contributed by atoms with Gasteiger partial charge in [-0.05, 0) is 30.9 Å². The number of nitrogens with one attached hydrogen (secondary N) is 1. The lowest BCUT2D eigenvalue weighted by Gasteiger charge is -2.40. The van der Waals surface area contributed by atoms with Crippen molar-refractivity contribution in [1.29, 1.82) is 0 Å². The van der Waals surface area contributed by atoms with Crippen molar-refractivity contribution >= 4 is 12.4 Å². The first-order valence-electron chi connectivity index (χ1n) is 7.78. The Bertz CT molecular complexity index is 434. The van der Waals surface area contributed by atoms with Crippen LogP contribution in [0.4, 0.5) is 0 Å². The van der Waals surface area contributed by atoms with Crippen molar-refractivity contribution in [2.75, 3.05) is 32.7 Å². The quantitative estimate of drug-likeness (QED) is 0.929. The predicted molar refractivity (Wildman–Crippen MR) is 89.0 cm³/mol. The molecule has 2 aliphatic rings. The number of ether oxygens (including phenoxy) is 1. The molecule has 0 aromatic heterocycles. The van der Waals surface area contributed by atoms with E-state index in [0.29, 0.717) is 11.5 Å². The molecule has 0 amide bonds. The van der Waals surface area contributed by atoms with Crippen molar-refractivity contribution in [3.63, 3.8) is 0 Å². The summed E-state index contributed by atoms with van der Waals surface area (Å²) in [6.45, 7) is 10.2. The molecule has 3 nitrogen and oxygen atoms in total. The molecule has 0 aliphatic carbocycles. The van der Waals surface area contributed by atoms with Crippen LogP contribution >= 0.6 is 12.4 Å². The molecule has 3 atom stereocenters. The minimum atomic E-state index is 0. The van der Waals surface area contributed by atoms with Crippen molar-refractivity contribution in [2.24, 2.45) is 5.41 Å². The molecule has 21 heavy (non-hydrogen) atoms. The highest BCUT2D eigenvalue weighted by atomic mass is 35.5. The Kier molecular flexibility index (Phi) is 5.67. The minimum Gasteiger partial charge on any atom is -0.368 e. The summed E-state index contributed by atoms with van der Waals surface area (Å²) in [4.78, 5) is 2.60. The fourth-order valence-corrected chi connectivity index (χ4v) is 3.56. The highest BCUT2D eigenvalue weighted by Gasteiger charge is 2.34. The average Bonchev–Trinajstić information content (AvgIpc) is 2.85. The van der Waals surface area contributed by atoms with E-state index in [9.17, 15) is 0 Å². The number of benzene rings is 1. The second-order valence-electron chi connectivity index (χ2n) is 6.78. The summed E-state index contributed by atoms with van der Waals surface area (Å²) in [6, 6.07) is 10.6. The molecule has 1 aromatic carbocycles. The first-order chi connectivity index (χ1) is 9.65. The zero-order valence-corrected chi connectivity index (χ0v) is 13.9. The summed E-state index contributed by atoms with van der Waals surface area (Å²) in [5.74, 6) is 0. The van der Waals surface area contributed by atoms with Crippen molar-refractivity contribution in [1.82, 2.24) is 10.2 Å². The van der Waals surface area contributed by atoms with Gasteiger partial charge in [-0.3, -0.25) is 4.90 Å². The van der Waals surface area contributed by atoms with Crippen LogP contribution in [0, 0.1) is 5.41 Å². The van der Waals surface area contributed by atoms with E-state index in [-0.39, 0.29) is 18.5 Å². The minimum absolute atomic E-state index is 0. The molecule has 1 aromatic rings. The van der Waals surface area contributed by atoms with Gasteiger partial charge in [-0.25, -0.2) is 0 Å². The standard InChI is InChI=1S/C17H26N2O.ClH/c1-14-10-19(13-17(2)8-9-18-12-17)11-16(20-14)15-6-4-3-5-7-15;/h3-7,14,16,18H,8-13H2,1-2H3;1H. The van der Waals surface area contributed by atoms with Crippen LogP contribution in [-0.2, 0) is 4.74 Å². The number of hydrogen-bond donors (Lipinski definition) is 1. The average molecular weight is 311 g/mol. The summed E-state index contributed by atoms with van der Waals surface area (Å²) in [5, 5.41) is 3.50. The molecule has 4 heteroatoms. The number of rotatable bonds is 3. The molecule has 2 saturated heterocycles. The molecule has 118 valence electrons. The highest BCUT2D eigenvalue weighted by molar-refractivity contribution is 5.85. The maximum Gasteiger partial charge on any atom is 0.0956 e. The van der Waals surface area contributed by atoms with E-state index >= 15 is 0 Å². The summed E-state index contributed by atoms with van der Waals surface area (Å²) < 4.78 is 6.14. The van der Waals surface area contributed by atoms with Gasteiger partial charge in [-0.2, -0.15) is 0 Å². The molecule has 0 bridgehead atoms. The van der Waals surface area contributed by atoms with Gasteiger partial charge in [0.25, 0.3) is 0 Å².